The van der Waals surface area contributed by atoms with Gasteiger partial charge in [-0.2, -0.15) is 0 Å². The zero-order valence-electron chi connectivity index (χ0n) is 10.5. The predicted molar refractivity (Wildman–Crippen MR) is 70.3 cm³/mol. The lowest BCUT2D eigenvalue weighted by atomic mass is 10.2. The second-order valence-electron chi connectivity index (χ2n) is 4.01. The molecule has 0 aliphatic carbocycles. The number of ether oxygens (including phenoxy) is 1. The van der Waals surface area contributed by atoms with Gasteiger partial charge in [0.1, 0.15) is 11.5 Å². The van der Waals surface area contributed by atoms with Gasteiger partial charge in [-0.05, 0) is 37.6 Å². The Morgan fingerprint density at radius 1 is 1.17 bits per heavy atom. The van der Waals surface area contributed by atoms with Gasteiger partial charge in [0.05, 0.1) is 11.3 Å². The number of hydrogen-bond acceptors (Lipinski definition) is 3. The molecule has 18 heavy (non-hydrogen) atoms. The van der Waals surface area contributed by atoms with Crippen molar-refractivity contribution in [3.05, 3.63) is 53.3 Å². The van der Waals surface area contributed by atoms with E-state index in [-0.39, 0.29) is 0 Å². The number of benzene rings is 1. The van der Waals surface area contributed by atoms with Gasteiger partial charge in [0.15, 0.2) is 6.29 Å². The molecule has 0 amide bonds. The van der Waals surface area contributed by atoms with Crippen molar-refractivity contribution in [3.63, 3.8) is 0 Å². The second kappa shape index (κ2) is 5.45. The van der Waals surface area contributed by atoms with Crippen LogP contribution in [0.5, 0.6) is 11.5 Å². The second-order valence-corrected chi connectivity index (χ2v) is 4.01. The molecule has 0 bridgehead atoms. The first kappa shape index (κ1) is 12.3. The fraction of sp³-hybridized carbons (Fsp3) is 0.200. The fourth-order valence-electron chi connectivity index (χ4n) is 1.73. The Kier molecular flexibility index (Phi) is 3.72. The van der Waals surface area contributed by atoms with Crippen LogP contribution in [-0.4, -0.2) is 11.3 Å². The number of aryl methyl sites for hydroxylation is 2. The SMILES string of the molecule is CCc1nc(C)ccc1Oc1ccccc1C=O. The Bertz CT molecular complexity index is 564. The fourth-order valence-corrected chi connectivity index (χ4v) is 1.73. The maximum atomic E-state index is 10.9. The number of pyridine rings is 1. The largest absolute Gasteiger partial charge is 0.455 e. The van der Waals surface area contributed by atoms with Gasteiger partial charge in [0.2, 0.25) is 0 Å². The van der Waals surface area contributed by atoms with Crippen LogP contribution in [-0.2, 0) is 6.42 Å². The minimum absolute atomic E-state index is 0.542. The summed E-state index contributed by atoms with van der Waals surface area (Å²) in [7, 11) is 0. The van der Waals surface area contributed by atoms with E-state index in [2.05, 4.69) is 4.98 Å². The quantitative estimate of drug-likeness (QED) is 0.768. The van der Waals surface area contributed by atoms with E-state index < -0.39 is 0 Å². The molecule has 0 saturated heterocycles. The molecule has 1 aromatic heterocycles. The van der Waals surface area contributed by atoms with Gasteiger partial charge in [-0.1, -0.05) is 19.1 Å². The van der Waals surface area contributed by atoms with Crippen molar-refractivity contribution >= 4 is 6.29 Å². The number of carbonyl (C=O) groups excluding carboxylic acids is 1. The molecule has 3 heteroatoms. The number of rotatable bonds is 4. The molecule has 0 N–H and O–H groups in total. The zero-order chi connectivity index (χ0) is 13.0. The van der Waals surface area contributed by atoms with Gasteiger partial charge >= 0.3 is 0 Å². The highest BCUT2D eigenvalue weighted by Gasteiger charge is 2.08. The number of para-hydroxylation sites is 1. The lowest BCUT2D eigenvalue weighted by Gasteiger charge is -2.11. The topological polar surface area (TPSA) is 39.2 Å². The van der Waals surface area contributed by atoms with Crippen molar-refractivity contribution in [2.24, 2.45) is 0 Å². The van der Waals surface area contributed by atoms with Crippen LogP contribution in [0.3, 0.4) is 0 Å². The van der Waals surface area contributed by atoms with Gasteiger partial charge in [0, 0.05) is 5.69 Å². The first-order chi connectivity index (χ1) is 8.74. The minimum Gasteiger partial charge on any atom is -0.455 e. The van der Waals surface area contributed by atoms with Gasteiger partial charge in [0.25, 0.3) is 0 Å². The number of carbonyl (C=O) groups is 1. The predicted octanol–water partition coefficient (Wildman–Crippen LogP) is 3.56. The molecule has 0 spiro atoms. The lowest BCUT2D eigenvalue weighted by molar-refractivity contribution is 0.112. The summed E-state index contributed by atoms with van der Waals surface area (Å²) in [5.74, 6) is 1.27. The van der Waals surface area contributed by atoms with E-state index in [0.717, 1.165) is 24.1 Å². The molecule has 1 aromatic carbocycles. The summed E-state index contributed by atoms with van der Waals surface area (Å²) in [6, 6.07) is 11.0. The first-order valence-electron chi connectivity index (χ1n) is 5.93. The highest BCUT2D eigenvalue weighted by atomic mass is 16.5. The maximum absolute atomic E-state index is 10.9. The molecule has 3 nitrogen and oxygen atoms in total. The van der Waals surface area contributed by atoms with Gasteiger partial charge in [-0.3, -0.25) is 9.78 Å². The highest BCUT2D eigenvalue weighted by molar-refractivity contribution is 5.79. The molecule has 1 heterocycles. The average Bonchev–Trinajstić information content (AvgIpc) is 2.41. The van der Waals surface area contributed by atoms with Crippen molar-refractivity contribution in [2.45, 2.75) is 20.3 Å². The van der Waals surface area contributed by atoms with Crippen LogP contribution in [0.2, 0.25) is 0 Å². The van der Waals surface area contributed by atoms with E-state index in [9.17, 15) is 4.79 Å². The van der Waals surface area contributed by atoms with Crippen LogP contribution in [0.4, 0.5) is 0 Å². The summed E-state index contributed by atoms with van der Waals surface area (Å²) in [6.07, 6.45) is 1.59. The number of hydrogen-bond donors (Lipinski definition) is 0. The van der Waals surface area contributed by atoms with E-state index in [1.807, 2.05) is 38.1 Å². The van der Waals surface area contributed by atoms with E-state index in [0.29, 0.717) is 17.1 Å². The van der Waals surface area contributed by atoms with Crippen LogP contribution < -0.4 is 4.74 Å². The van der Waals surface area contributed by atoms with E-state index >= 15 is 0 Å². The summed E-state index contributed by atoms with van der Waals surface area (Å²) >= 11 is 0. The number of nitrogens with zero attached hydrogens (tertiary/aromatic N) is 1. The van der Waals surface area contributed by atoms with Crippen LogP contribution in [0, 0.1) is 6.92 Å². The van der Waals surface area contributed by atoms with E-state index in [4.69, 9.17) is 4.74 Å². The molecular formula is C15H15NO2. The van der Waals surface area contributed by atoms with Crippen LogP contribution in [0.25, 0.3) is 0 Å². The summed E-state index contributed by atoms with van der Waals surface area (Å²) in [5, 5.41) is 0. The van der Waals surface area contributed by atoms with Crippen LogP contribution in [0.15, 0.2) is 36.4 Å². The van der Waals surface area contributed by atoms with Crippen LogP contribution in [0.1, 0.15) is 28.7 Å². The third-order valence-electron chi connectivity index (χ3n) is 2.67. The van der Waals surface area contributed by atoms with Crippen molar-refractivity contribution in [2.75, 3.05) is 0 Å². The van der Waals surface area contributed by atoms with Gasteiger partial charge < -0.3 is 4.74 Å². The van der Waals surface area contributed by atoms with E-state index in [1.165, 1.54) is 0 Å². The zero-order valence-corrected chi connectivity index (χ0v) is 10.5. The smallest absolute Gasteiger partial charge is 0.153 e. The summed E-state index contributed by atoms with van der Waals surface area (Å²) < 4.78 is 5.78. The molecule has 0 saturated carbocycles. The Labute approximate surface area is 106 Å². The highest BCUT2D eigenvalue weighted by Crippen LogP contribution is 2.26. The molecule has 0 atom stereocenters. The standard InChI is InChI=1S/C15H15NO2/c1-3-13-15(9-8-11(2)16-13)18-14-7-5-4-6-12(14)10-17/h4-10H,3H2,1-2H3. The van der Waals surface area contributed by atoms with Crippen molar-refractivity contribution < 1.29 is 9.53 Å². The minimum atomic E-state index is 0.542. The van der Waals surface area contributed by atoms with Gasteiger partial charge in [-0.15, -0.1) is 0 Å². The Morgan fingerprint density at radius 2 is 1.94 bits per heavy atom. The average molecular weight is 241 g/mol. The third kappa shape index (κ3) is 2.56. The lowest BCUT2D eigenvalue weighted by Crippen LogP contribution is -1.97. The van der Waals surface area contributed by atoms with Crippen molar-refractivity contribution in [1.29, 1.82) is 0 Å². The van der Waals surface area contributed by atoms with Crippen molar-refractivity contribution in [1.82, 2.24) is 4.98 Å². The molecule has 92 valence electrons. The molecule has 0 radical (unpaired) electrons. The molecule has 2 rings (SSSR count). The molecular weight excluding hydrogens is 226 g/mol. The third-order valence-corrected chi connectivity index (χ3v) is 2.67. The molecule has 0 aliphatic heterocycles. The molecule has 0 unspecified atom stereocenters. The molecule has 2 aromatic rings. The first-order valence-corrected chi connectivity index (χ1v) is 5.93. The monoisotopic (exact) mass is 241 g/mol. The van der Waals surface area contributed by atoms with Crippen LogP contribution >= 0.6 is 0 Å². The summed E-state index contributed by atoms with van der Waals surface area (Å²) in [6.45, 7) is 3.97. The van der Waals surface area contributed by atoms with Gasteiger partial charge in [-0.25, -0.2) is 0 Å². The maximum Gasteiger partial charge on any atom is 0.153 e. The van der Waals surface area contributed by atoms with Crippen molar-refractivity contribution in [3.8, 4) is 11.5 Å². The molecule has 0 aliphatic rings. The van der Waals surface area contributed by atoms with E-state index in [1.54, 1.807) is 12.1 Å². The number of aromatic nitrogens is 1. The summed E-state index contributed by atoms with van der Waals surface area (Å²) in [4.78, 5) is 15.4. The normalized spacial score (nSPS) is 10.1. The summed E-state index contributed by atoms with van der Waals surface area (Å²) in [5.41, 5.74) is 2.40. The molecule has 0 fully saturated rings. The number of aldehydes is 1. The Morgan fingerprint density at radius 3 is 2.67 bits per heavy atom. The Hall–Kier alpha value is -2.16. The Balaban J connectivity index is 2.36.